The van der Waals surface area contributed by atoms with Crippen molar-refractivity contribution in [3.8, 4) is 0 Å². The quantitative estimate of drug-likeness (QED) is 0.640. The van der Waals surface area contributed by atoms with Gasteiger partial charge in [-0.05, 0) is 0 Å². The van der Waals surface area contributed by atoms with E-state index in [-0.39, 0.29) is 22.4 Å². The van der Waals surface area contributed by atoms with Crippen LogP contribution < -0.4 is 0 Å². The maximum Gasteiger partial charge on any atom is 0 e. The Morgan fingerprint density at radius 2 is 1.50 bits per heavy atom. The molecule has 0 amide bonds. The topological polar surface area (TPSA) is 74.6 Å². The number of carbonyl (C=O) groups is 2. The van der Waals surface area contributed by atoms with Gasteiger partial charge >= 0.3 is 37.0 Å². The van der Waals surface area contributed by atoms with E-state index in [0.29, 0.717) is 0 Å². The fourth-order valence-electron chi connectivity index (χ4n) is 0. The Bertz CT molecular complexity index is 101. The summed E-state index contributed by atoms with van der Waals surface area (Å²) in [4.78, 5) is 18.3. The molecule has 6 heteroatoms. The summed E-state index contributed by atoms with van der Waals surface area (Å²) in [6, 6.07) is 0. The second kappa shape index (κ2) is 11.7. The van der Waals surface area contributed by atoms with Gasteiger partial charge < -0.3 is 5.11 Å². The summed E-state index contributed by atoms with van der Waals surface area (Å²) < 4.78 is 0. The van der Waals surface area contributed by atoms with Gasteiger partial charge in [0.05, 0.1) is 0 Å². The second-order valence-corrected chi connectivity index (χ2v) is 1.40. The predicted molar refractivity (Wildman–Crippen MR) is 25.8 cm³/mol. The number of hydrogen-bond donors (Lipinski definition) is 2. The van der Waals surface area contributed by atoms with Gasteiger partial charge in [0.1, 0.15) is 0 Å². The van der Waals surface area contributed by atoms with Crippen LogP contribution in [0.1, 0.15) is 6.92 Å². The number of rotatable bonds is 1. The van der Waals surface area contributed by atoms with Crippen molar-refractivity contribution in [1.82, 2.24) is 0 Å². The molecule has 1 radical (unpaired) electrons. The third-order valence-electron chi connectivity index (χ3n) is 0.101. The van der Waals surface area contributed by atoms with Crippen LogP contribution >= 0.6 is 0 Å². The molecule has 0 aromatic heterocycles. The summed E-state index contributed by atoms with van der Waals surface area (Å²) in [5.41, 5.74) is 0. The third-order valence-corrected chi connectivity index (χ3v) is 0.416. The summed E-state index contributed by atoms with van der Waals surface area (Å²) in [6.45, 7) is 1.08. The zero-order valence-electron chi connectivity index (χ0n) is 5.05. The van der Waals surface area contributed by atoms with Crippen LogP contribution in [0.2, 0.25) is 5.36 Å². The molecule has 0 heterocycles. The number of hydrogen-bond acceptors (Lipinski definition) is 2. The molecule has 0 spiro atoms. The average Bonchev–Trinajstić information content (AvgIpc) is 1.65. The monoisotopic (exact) mass is 241 g/mol. The van der Waals surface area contributed by atoms with Gasteiger partial charge in [-0.25, -0.2) is 0 Å². The molecule has 10 heavy (non-hydrogen) atoms. The predicted octanol–water partition coefficient (Wildman–Crippen LogP) is 0.124. The van der Waals surface area contributed by atoms with Crippen molar-refractivity contribution in [2.75, 3.05) is 0 Å². The van der Waals surface area contributed by atoms with Gasteiger partial charge in [0.2, 0.25) is 0 Å². The molecule has 0 saturated carbocycles. The summed E-state index contributed by atoms with van der Waals surface area (Å²) in [5.74, 6) is -1.72. The minimum absolute atomic E-state index is 0. The molecule has 0 saturated heterocycles. The van der Waals surface area contributed by atoms with Crippen LogP contribution in [0.4, 0.5) is 0 Å². The van der Waals surface area contributed by atoms with Gasteiger partial charge in [-0.1, -0.05) is 0 Å². The normalized spacial score (nSPS) is 6.30. The van der Waals surface area contributed by atoms with Crippen LogP contribution in [0, 0.1) is 0 Å². The summed E-state index contributed by atoms with van der Waals surface area (Å²) in [7, 11) is 0. The number of carboxylic acid groups (broad SMARTS) is 2. The first-order valence-electron chi connectivity index (χ1n) is 1.94. The maximum atomic E-state index is 9.29. The first-order valence-corrected chi connectivity index (χ1v) is 2.68. The zero-order chi connectivity index (χ0) is 7.86. The average molecular weight is 242 g/mol. The van der Waals surface area contributed by atoms with Crippen molar-refractivity contribution in [3.05, 3.63) is 0 Å². The minimum Gasteiger partial charge on any atom is 0 e. The zero-order valence-corrected chi connectivity index (χ0v) is 7.04. The molecule has 0 atom stereocenters. The van der Waals surface area contributed by atoms with Crippen LogP contribution in [-0.2, 0) is 42.4 Å². The van der Waals surface area contributed by atoms with E-state index in [0.717, 1.165) is 6.92 Å². The van der Waals surface area contributed by atoms with E-state index in [4.69, 9.17) is 15.0 Å². The van der Waals surface area contributed by atoms with E-state index in [9.17, 15) is 4.79 Å². The van der Waals surface area contributed by atoms with E-state index in [1.54, 1.807) is 0 Å². The Hall–Kier alpha value is -0.0340. The van der Waals surface area contributed by atoms with Gasteiger partial charge in [0, 0.05) is 24.0 Å². The standard InChI is InChI=1S/C2H4O2.C2H3O2.Co.Cu/c2*1-2(3)4;;/h1H3,(H,3,4);1H2,(H,3,4);;. The van der Waals surface area contributed by atoms with E-state index in [2.05, 4.69) is 15.7 Å². The molecule has 0 unspecified atom stereocenters. The first kappa shape index (κ1) is 16.5. The van der Waals surface area contributed by atoms with Crippen molar-refractivity contribution in [1.29, 1.82) is 0 Å². The maximum absolute atomic E-state index is 9.29. The van der Waals surface area contributed by atoms with E-state index < -0.39 is 11.9 Å². The van der Waals surface area contributed by atoms with Crippen molar-refractivity contribution in [2.24, 2.45) is 0 Å². The molecule has 0 rings (SSSR count). The van der Waals surface area contributed by atoms with Gasteiger partial charge in [-0.15, -0.1) is 0 Å². The fourth-order valence-corrected chi connectivity index (χ4v) is 0. The van der Waals surface area contributed by atoms with Crippen LogP contribution in [0.5, 0.6) is 0 Å². The van der Waals surface area contributed by atoms with Crippen molar-refractivity contribution < 1.29 is 52.6 Å². The fraction of sp³-hybridized carbons (Fsp3) is 0.500. The smallest absolute Gasteiger partial charge is 0 e. The van der Waals surface area contributed by atoms with Crippen LogP contribution in [0.3, 0.4) is 0 Å². The molecule has 2 N–H and O–H groups in total. The van der Waals surface area contributed by atoms with Crippen molar-refractivity contribution in [2.45, 2.75) is 12.3 Å². The SMILES string of the molecule is CC(=O)O.O=C(O)[CH2][Co].[Cu]. The molecule has 0 aliphatic heterocycles. The molecule has 0 aliphatic carbocycles. The second-order valence-electron chi connectivity index (χ2n) is 1.03. The molecule has 0 bridgehead atoms. The van der Waals surface area contributed by atoms with Gasteiger partial charge in [0.25, 0.3) is 5.97 Å². The molecule has 0 aromatic carbocycles. The summed E-state index contributed by atoms with van der Waals surface area (Å²) in [5, 5.41) is 15.0. The molecule has 4 nitrogen and oxygen atoms in total. The van der Waals surface area contributed by atoms with Crippen LogP contribution in [-0.4, -0.2) is 22.2 Å². The molecular weight excluding hydrogens is 235 g/mol. The first-order chi connectivity index (χ1) is 4.00. The molecule has 0 aromatic rings. The van der Waals surface area contributed by atoms with Crippen molar-refractivity contribution in [3.63, 3.8) is 0 Å². The Labute approximate surface area is 77.1 Å². The largest absolute Gasteiger partial charge is 0 e. The van der Waals surface area contributed by atoms with E-state index in [1.165, 1.54) is 0 Å². The van der Waals surface area contributed by atoms with Crippen LogP contribution in [0.15, 0.2) is 0 Å². The number of carboxylic acids is 2. The molecule has 67 valence electrons. The summed E-state index contributed by atoms with van der Waals surface area (Å²) in [6.07, 6.45) is 0. The Balaban J connectivity index is -0.0000000910. The van der Waals surface area contributed by atoms with Gasteiger partial charge in [-0.2, -0.15) is 0 Å². The van der Waals surface area contributed by atoms with Crippen molar-refractivity contribution >= 4 is 11.9 Å². The van der Waals surface area contributed by atoms with Gasteiger partial charge in [-0.3, -0.25) is 4.79 Å². The van der Waals surface area contributed by atoms with E-state index >= 15 is 0 Å². The van der Waals surface area contributed by atoms with Crippen LogP contribution in [0.25, 0.3) is 0 Å². The third kappa shape index (κ3) is 100. The molecule has 0 fully saturated rings. The Morgan fingerprint density at radius 1 is 1.40 bits per heavy atom. The summed E-state index contributed by atoms with van der Waals surface area (Å²) >= 11 is 3.46. The Morgan fingerprint density at radius 3 is 1.50 bits per heavy atom. The molecular formula is C4H7CoCuO4. The Kier molecular flexibility index (Phi) is 19.4. The van der Waals surface area contributed by atoms with Gasteiger partial charge in [0.15, 0.2) is 0 Å². The minimum atomic E-state index is -0.884. The number of aliphatic carboxylic acids is 2. The van der Waals surface area contributed by atoms with E-state index in [1.807, 2.05) is 0 Å². The molecule has 0 aliphatic rings.